The highest BCUT2D eigenvalue weighted by molar-refractivity contribution is 5.98. The summed E-state index contributed by atoms with van der Waals surface area (Å²) in [5.41, 5.74) is 2.59. The van der Waals surface area contributed by atoms with E-state index in [4.69, 9.17) is 9.15 Å². The van der Waals surface area contributed by atoms with Gasteiger partial charge in [0.15, 0.2) is 0 Å². The number of furan rings is 1. The van der Waals surface area contributed by atoms with Gasteiger partial charge in [-0.25, -0.2) is 0 Å². The summed E-state index contributed by atoms with van der Waals surface area (Å²) in [5, 5.41) is 12.3. The van der Waals surface area contributed by atoms with E-state index in [-0.39, 0.29) is 12.1 Å². The Morgan fingerprint density at radius 2 is 1.86 bits per heavy atom. The molecule has 142 valence electrons. The first-order chi connectivity index (χ1) is 14.2. The van der Waals surface area contributed by atoms with Crippen LogP contribution in [0.25, 0.3) is 6.08 Å². The van der Waals surface area contributed by atoms with Crippen LogP contribution in [-0.2, 0) is 11.3 Å². The second-order valence-electron chi connectivity index (χ2n) is 6.52. The Balaban J connectivity index is 1.65. The number of carbonyl (C=O) groups is 1. The average Bonchev–Trinajstić information content (AvgIpc) is 3.29. The van der Waals surface area contributed by atoms with E-state index in [2.05, 4.69) is 5.32 Å². The van der Waals surface area contributed by atoms with Crippen molar-refractivity contribution in [3.63, 3.8) is 0 Å². The van der Waals surface area contributed by atoms with E-state index in [0.717, 1.165) is 22.4 Å². The van der Waals surface area contributed by atoms with E-state index < -0.39 is 12.0 Å². The van der Waals surface area contributed by atoms with Crippen molar-refractivity contribution in [1.82, 2.24) is 5.32 Å². The minimum Gasteiger partial charge on any atom is -0.480 e. The standard InChI is InChI=1S/C24H18N2O3/c25-15-20(24(27)26-16-21-10-6-12-28-21)14-19-13-18-9-4-5-11-22(18)29-23(19)17-7-2-1-3-8-17/h1-14,23H,16H2,(H,26,27)/b20-14+. The SMILES string of the molecule is N#C/C(=C\C1=Cc2ccccc2OC1c1ccccc1)C(=O)NCc1ccco1. The molecule has 1 aliphatic rings. The molecular formula is C24H18N2O3. The predicted molar refractivity (Wildman–Crippen MR) is 108 cm³/mol. The summed E-state index contributed by atoms with van der Waals surface area (Å²) in [6, 6.07) is 22.9. The molecule has 1 aromatic heterocycles. The number of ether oxygens (including phenoxy) is 1. The topological polar surface area (TPSA) is 75.3 Å². The molecule has 0 aliphatic carbocycles. The zero-order valence-corrected chi connectivity index (χ0v) is 15.5. The van der Waals surface area contributed by atoms with Crippen LogP contribution in [0.2, 0.25) is 0 Å². The highest BCUT2D eigenvalue weighted by atomic mass is 16.5. The Bertz CT molecular complexity index is 1110. The van der Waals surface area contributed by atoms with Gasteiger partial charge in [-0.05, 0) is 41.5 Å². The Kier molecular flexibility index (Phi) is 5.26. The molecule has 1 N–H and O–H groups in total. The van der Waals surface area contributed by atoms with Crippen LogP contribution in [0.3, 0.4) is 0 Å². The zero-order chi connectivity index (χ0) is 20.1. The van der Waals surface area contributed by atoms with Gasteiger partial charge in [-0.3, -0.25) is 4.79 Å². The lowest BCUT2D eigenvalue weighted by Crippen LogP contribution is -2.24. The van der Waals surface area contributed by atoms with Crippen molar-refractivity contribution in [2.75, 3.05) is 0 Å². The van der Waals surface area contributed by atoms with Crippen molar-refractivity contribution < 1.29 is 13.9 Å². The normalized spacial score (nSPS) is 15.5. The third-order valence-corrected chi connectivity index (χ3v) is 4.57. The number of benzene rings is 2. The van der Waals surface area contributed by atoms with Crippen molar-refractivity contribution in [2.24, 2.45) is 0 Å². The van der Waals surface area contributed by atoms with Crippen molar-refractivity contribution in [3.8, 4) is 11.8 Å². The van der Waals surface area contributed by atoms with E-state index in [1.54, 1.807) is 18.2 Å². The summed E-state index contributed by atoms with van der Waals surface area (Å²) in [4.78, 5) is 12.5. The summed E-state index contributed by atoms with van der Waals surface area (Å²) < 4.78 is 11.4. The minimum absolute atomic E-state index is 0.00622. The number of nitrogens with one attached hydrogen (secondary N) is 1. The monoisotopic (exact) mass is 382 g/mol. The molecule has 1 atom stereocenters. The fourth-order valence-electron chi connectivity index (χ4n) is 3.15. The maximum atomic E-state index is 12.5. The van der Waals surface area contributed by atoms with E-state index >= 15 is 0 Å². The lowest BCUT2D eigenvalue weighted by molar-refractivity contribution is -0.117. The fourth-order valence-corrected chi connectivity index (χ4v) is 3.15. The summed E-state index contributed by atoms with van der Waals surface area (Å²) >= 11 is 0. The number of fused-ring (bicyclic) bond motifs is 1. The molecule has 1 unspecified atom stereocenters. The Labute approximate surface area is 168 Å². The Morgan fingerprint density at radius 3 is 2.62 bits per heavy atom. The van der Waals surface area contributed by atoms with Gasteiger partial charge in [0.25, 0.3) is 5.91 Å². The average molecular weight is 382 g/mol. The quantitative estimate of drug-likeness (QED) is 0.518. The third-order valence-electron chi connectivity index (χ3n) is 4.57. The molecule has 5 heteroatoms. The summed E-state index contributed by atoms with van der Waals surface area (Å²) in [6.45, 7) is 0.214. The molecule has 0 saturated heterocycles. The second kappa shape index (κ2) is 8.32. The van der Waals surface area contributed by atoms with Crippen LogP contribution in [-0.4, -0.2) is 5.91 Å². The molecule has 0 saturated carbocycles. The zero-order valence-electron chi connectivity index (χ0n) is 15.5. The summed E-state index contributed by atoms with van der Waals surface area (Å²) in [6.07, 6.45) is 4.67. The number of hydrogen-bond acceptors (Lipinski definition) is 4. The molecule has 0 radical (unpaired) electrons. The smallest absolute Gasteiger partial charge is 0.262 e. The number of para-hydroxylation sites is 1. The molecule has 0 bridgehead atoms. The van der Waals surface area contributed by atoms with Crippen molar-refractivity contribution in [2.45, 2.75) is 12.6 Å². The van der Waals surface area contributed by atoms with E-state index in [0.29, 0.717) is 5.76 Å². The fraction of sp³-hybridized carbons (Fsp3) is 0.0833. The van der Waals surface area contributed by atoms with Crippen LogP contribution >= 0.6 is 0 Å². The van der Waals surface area contributed by atoms with Gasteiger partial charge in [0.1, 0.15) is 29.3 Å². The number of rotatable bonds is 5. The maximum Gasteiger partial charge on any atom is 0.262 e. The molecule has 5 nitrogen and oxygen atoms in total. The third kappa shape index (κ3) is 4.12. The lowest BCUT2D eigenvalue weighted by Gasteiger charge is -2.26. The van der Waals surface area contributed by atoms with E-state index in [9.17, 15) is 10.1 Å². The van der Waals surface area contributed by atoms with Crippen LogP contribution in [0.15, 0.2) is 94.6 Å². The molecule has 2 aromatic carbocycles. The van der Waals surface area contributed by atoms with E-state index in [1.165, 1.54) is 6.26 Å². The molecule has 3 aromatic rings. The molecular weight excluding hydrogens is 364 g/mol. The number of nitrogens with zero attached hydrogens (tertiary/aromatic N) is 1. The van der Waals surface area contributed by atoms with Gasteiger partial charge in [-0.2, -0.15) is 5.26 Å². The number of hydrogen-bond donors (Lipinski definition) is 1. The predicted octanol–water partition coefficient (Wildman–Crippen LogP) is 4.56. The Hall–Kier alpha value is -4.04. The summed E-state index contributed by atoms with van der Waals surface area (Å²) in [7, 11) is 0. The van der Waals surface area contributed by atoms with Gasteiger partial charge >= 0.3 is 0 Å². The van der Waals surface area contributed by atoms with Crippen LogP contribution in [0.5, 0.6) is 5.75 Å². The van der Waals surface area contributed by atoms with Crippen LogP contribution in [0.4, 0.5) is 0 Å². The minimum atomic E-state index is -0.463. The van der Waals surface area contributed by atoms with Crippen LogP contribution < -0.4 is 10.1 Å². The molecule has 2 heterocycles. The van der Waals surface area contributed by atoms with Gasteiger partial charge in [0.05, 0.1) is 12.8 Å². The van der Waals surface area contributed by atoms with Crippen molar-refractivity contribution in [3.05, 3.63) is 107 Å². The highest BCUT2D eigenvalue weighted by Gasteiger charge is 2.24. The van der Waals surface area contributed by atoms with E-state index in [1.807, 2.05) is 66.7 Å². The lowest BCUT2D eigenvalue weighted by atomic mass is 9.94. The second-order valence-corrected chi connectivity index (χ2v) is 6.52. The van der Waals surface area contributed by atoms with Gasteiger partial charge in [-0.1, -0.05) is 48.5 Å². The van der Waals surface area contributed by atoms with Crippen molar-refractivity contribution >= 4 is 12.0 Å². The largest absolute Gasteiger partial charge is 0.480 e. The molecule has 1 amide bonds. The number of carbonyl (C=O) groups excluding carboxylic acids is 1. The van der Waals surface area contributed by atoms with Crippen molar-refractivity contribution in [1.29, 1.82) is 5.26 Å². The van der Waals surface area contributed by atoms with Gasteiger partial charge in [0.2, 0.25) is 0 Å². The van der Waals surface area contributed by atoms with Crippen LogP contribution in [0.1, 0.15) is 23.0 Å². The maximum absolute atomic E-state index is 12.5. The molecule has 29 heavy (non-hydrogen) atoms. The highest BCUT2D eigenvalue weighted by Crippen LogP contribution is 2.38. The Morgan fingerprint density at radius 1 is 1.07 bits per heavy atom. The molecule has 0 spiro atoms. The molecule has 0 fully saturated rings. The molecule has 4 rings (SSSR count). The molecule has 1 aliphatic heterocycles. The van der Waals surface area contributed by atoms with Gasteiger partial charge in [0, 0.05) is 5.56 Å². The summed E-state index contributed by atoms with van der Waals surface area (Å²) in [5.74, 6) is 0.918. The first-order valence-electron chi connectivity index (χ1n) is 9.19. The van der Waals surface area contributed by atoms with Crippen LogP contribution in [0, 0.1) is 11.3 Å². The number of nitriles is 1. The first-order valence-corrected chi connectivity index (χ1v) is 9.19. The first kappa shape index (κ1) is 18.3. The van der Waals surface area contributed by atoms with Gasteiger partial charge in [-0.15, -0.1) is 0 Å². The van der Waals surface area contributed by atoms with Gasteiger partial charge < -0.3 is 14.5 Å². The number of amides is 1.